The fourth-order valence-corrected chi connectivity index (χ4v) is 3.25. The molecule has 2 aromatic carbocycles. The molecule has 2 rings (SSSR count). The van der Waals surface area contributed by atoms with Gasteiger partial charge in [-0.15, -0.1) is 11.8 Å². The fraction of sp³-hybridized carbons (Fsp3) is 0.333. The Morgan fingerprint density at radius 2 is 1.74 bits per heavy atom. The molecule has 0 radical (unpaired) electrons. The van der Waals surface area contributed by atoms with Crippen molar-refractivity contribution in [1.29, 1.82) is 0 Å². The minimum atomic E-state index is -0.103. The van der Waals surface area contributed by atoms with Crippen LogP contribution in [0.2, 0.25) is 0 Å². The number of hydrogen-bond acceptors (Lipinski definition) is 4. The fourth-order valence-electron chi connectivity index (χ4n) is 2.53. The molecule has 0 aromatic heterocycles. The highest BCUT2D eigenvalue weighted by Crippen LogP contribution is 2.11. The lowest BCUT2D eigenvalue weighted by Crippen LogP contribution is -2.34. The maximum Gasteiger partial charge on any atom is 0.234 e. The number of nitrogens with two attached hydrogens (primary N) is 1. The largest absolute Gasteiger partial charge is 0.338 e. The minimum absolute atomic E-state index is 0.0282. The van der Waals surface area contributed by atoms with Crippen LogP contribution in [-0.2, 0) is 16.1 Å². The lowest BCUT2D eigenvalue weighted by atomic mass is 10.2. The van der Waals surface area contributed by atoms with Crippen LogP contribution in [0, 0.1) is 6.92 Å². The van der Waals surface area contributed by atoms with Crippen molar-refractivity contribution in [1.82, 2.24) is 4.90 Å². The average molecular weight is 386 g/mol. The van der Waals surface area contributed by atoms with Gasteiger partial charge in [0.2, 0.25) is 11.8 Å². The SMILES string of the molecule is Cc1ccc(NC(=O)CSCC(=O)N(CCCN)Cc2ccccc2)cc1. The van der Waals surface area contributed by atoms with E-state index in [0.29, 0.717) is 19.6 Å². The van der Waals surface area contributed by atoms with Gasteiger partial charge in [0, 0.05) is 18.8 Å². The van der Waals surface area contributed by atoms with Crippen LogP contribution in [0.1, 0.15) is 17.5 Å². The first-order valence-electron chi connectivity index (χ1n) is 9.04. The van der Waals surface area contributed by atoms with Gasteiger partial charge < -0.3 is 16.0 Å². The van der Waals surface area contributed by atoms with Crippen molar-refractivity contribution in [3.05, 3.63) is 65.7 Å². The van der Waals surface area contributed by atoms with E-state index in [-0.39, 0.29) is 23.3 Å². The summed E-state index contributed by atoms with van der Waals surface area (Å²) in [5.74, 6) is 0.447. The normalized spacial score (nSPS) is 10.4. The third-order valence-electron chi connectivity index (χ3n) is 4.00. The van der Waals surface area contributed by atoms with Crippen LogP contribution >= 0.6 is 11.8 Å². The average Bonchev–Trinajstić information content (AvgIpc) is 2.67. The van der Waals surface area contributed by atoms with Crippen molar-refractivity contribution in [3.8, 4) is 0 Å². The zero-order valence-corrected chi connectivity index (χ0v) is 16.5. The van der Waals surface area contributed by atoms with Crippen LogP contribution < -0.4 is 11.1 Å². The van der Waals surface area contributed by atoms with Gasteiger partial charge in [0.15, 0.2) is 0 Å². The van der Waals surface area contributed by atoms with E-state index in [1.54, 1.807) is 0 Å². The van der Waals surface area contributed by atoms with Crippen molar-refractivity contribution < 1.29 is 9.59 Å². The van der Waals surface area contributed by atoms with Crippen molar-refractivity contribution in [3.63, 3.8) is 0 Å². The summed E-state index contributed by atoms with van der Waals surface area (Å²) in [5.41, 5.74) is 8.60. The Morgan fingerprint density at radius 3 is 2.41 bits per heavy atom. The standard InChI is InChI=1S/C21H27N3O2S/c1-17-8-10-19(11-9-17)23-20(25)15-27-16-21(26)24(13-5-12-22)14-18-6-3-2-4-7-18/h2-4,6-11H,5,12-16,22H2,1H3,(H,23,25). The molecule has 2 amide bonds. The number of hydrogen-bond donors (Lipinski definition) is 2. The van der Waals surface area contributed by atoms with Crippen LogP contribution in [-0.4, -0.2) is 41.3 Å². The molecule has 6 heteroatoms. The van der Waals surface area contributed by atoms with Gasteiger partial charge in [-0.25, -0.2) is 0 Å². The number of carbonyl (C=O) groups excluding carboxylic acids is 2. The van der Waals surface area contributed by atoms with E-state index >= 15 is 0 Å². The zero-order valence-electron chi connectivity index (χ0n) is 15.7. The quantitative estimate of drug-likeness (QED) is 0.659. The first-order chi connectivity index (χ1) is 13.1. The van der Waals surface area contributed by atoms with Crippen LogP contribution in [0.5, 0.6) is 0 Å². The summed E-state index contributed by atoms with van der Waals surface area (Å²) in [6.07, 6.45) is 0.761. The molecule has 5 nitrogen and oxygen atoms in total. The van der Waals surface area contributed by atoms with Crippen molar-refractivity contribution in [2.45, 2.75) is 19.9 Å². The molecule has 0 saturated heterocycles. The monoisotopic (exact) mass is 385 g/mol. The first-order valence-corrected chi connectivity index (χ1v) is 10.2. The van der Waals surface area contributed by atoms with Crippen LogP contribution in [0.4, 0.5) is 5.69 Å². The van der Waals surface area contributed by atoms with Crippen molar-refractivity contribution in [2.75, 3.05) is 29.9 Å². The number of anilines is 1. The molecule has 0 saturated carbocycles. The number of thioether (sulfide) groups is 1. The number of amides is 2. The van der Waals surface area contributed by atoms with Crippen LogP contribution in [0.3, 0.4) is 0 Å². The third kappa shape index (κ3) is 7.85. The second kappa shape index (κ2) is 11.4. The molecule has 0 unspecified atom stereocenters. The summed E-state index contributed by atoms with van der Waals surface area (Å²) in [5, 5.41) is 2.85. The zero-order chi connectivity index (χ0) is 19.5. The van der Waals surface area contributed by atoms with Gasteiger partial charge in [-0.1, -0.05) is 48.0 Å². The van der Waals surface area contributed by atoms with Gasteiger partial charge in [0.05, 0.1) is 11.5 Å². The smallest absolute Gasteiger partial charge is 0.234 e. The predicted molar refractivity (Wildman–Crippen MR) is 113 cm³/mol. The summed E-state index contributed by atoms with van der Waals surface area (Å²) >= 11 is 1.33. The topological polar surface area (TPSA) is 75.4 Å². The molecular weight excluding hydrogens is 358 g/mol. The van der Waals surface area contributed by atoms with Crippen molar-refractivity contribution in [2.24, 2.45) is 5.73 Å². The van der Waals surface area contributed by atoms with Gasteiger partial charge in [-0.2, -0.15) is 0 Å². The van der Waals surface area contributed by atoms with E-state index < -0.39 is 0 Å². The molecular formula is C21H27N3O2S. The second-order valence-corrected chi connectivity index (χ2v) is 7.34. The summed E-state index contributed by atoms with van der Waals surface area (Å²) < 4.78 is 0. The number of nitrogens with zero attached hydrogens (tertiary/aromatic N) is 1. The summed E-state index contributed by atoms with van der Waals surface area (Å²) in [6.45, 7) is 3.74. The highest BCUT2D eigenvalue weighted by Gasteiger charge is 2.14. The number of rotatable bonds is 10. The van der Waals surface area contributed by atoms with E-state index in [4.69, 9.17) is 5.73 Å². The molecule has 0 spiro atoms. The predicted octanol–water partition coefficient (Wildman–Crippen LogP) is 3.04. The van der Waals surface area contributed by atoms with E-state index in [9.17, 15) is 9.59 Å². The van der Waals surface area contributed by atoms with Gasteiger partial charge in [0.1, 0.15) is 0 Å². The first kappa shape index (κ1) is 21.0. The number of carbonyl (C=O) groups is 2. The highest BCUT2D eigenvalue weighted by molar-refractivity contribution is 8.00. The second-order valence-electron chi connectivity index (χ2n) is 6.35. The Balaban J connectivity index is 1.79. The number of aryl methyl sites for hydroxylation is 1. The van der Waals surface area contributed by atoms with Crippen molar-refractivity contribution >= 4 is 29.3 Å². The molecule has 0 aliphatic carbocycles. The minimum Gasteiger partial charge on any atom is -0.338 e. The van der Waals surface area contributed by atoms with E-state index in [1.165, 1.54) is 11.8 Å². The summed E-state index contributed by atoms with van der Waals surface area (Å²) in [4.78, 5) is 26.4. The molecule has 0 aliphatic heterocycles. The van der Waals surface area contributed by atoms with Gasteiger partial charge >= 0.3 is 0 Å². The Labute approximate surface area is 165 Å². The lowest BCUT2D eigenvalue weighted by Gasteiger charge is -2.22. The Hall–Kier alpha value is -2.31. The molecule has 27 heavy (non-hydrogen) atoms. The van der Waals surface area contributed by atoms with E-state index in [2.05, 4.69) is 5.32 Å². The maximum absolute atomic E-state index is 12.6. The van der Waals surface area contributed by atoms with Crippen LogP contribution in [0.15, 0.2) is 54.6 Å². The van der Waals surface area contributed by atoms with Gasteiger partial charge in [0.25, 0.3) is 0 Å². The third-order valence-corrected chi connectivity index (χ3v) is 4.91. The van der Waals surface area contributed by atoms with Gasteiger partial charge in [-0.05, 0) is 37.6 Å². The van der Waals surface area contributed by atoms with E-state index in [0.717, 1.165) is 23.2 Å². The molecule has 0 bridgehead atoms. The highest BCUT2D eigenvalue weighted by atomic mass is 32.2. The molecule has 0 heterocycles. The molecule has 2 aromatic rings. The number of benzene rings is 2. The molecule has 0 atom stereocenters. The van der Waals surface area contributed by atoms with E-state index in [1.807, 2.05) is 66.4 Å². The van der Waals surface area contributed by atoms with Crippen LogP contribution in [0.25, 0.3) is 0 Å². The Morgan fingerprint density at radius 1 is 1.04 bits per heavy atom. The molecule has 0 fully saturated rings. The van der Waals surface area contributed by atoms with Gasteiger partial charge in [-0.3, -0.25) is 9.59 Å². The Kier molecular flexibility index (Phi) is 8.87. The Bertz CT molecular complexity index is 720. The summed E-state index contributed by atoms with van der Waals surface area (Å²) in [7, 11) is 0. The number of nitrogens with one attached hydrogen (secondary N) is 1. The molecule has 0 aliphatic rings. The molecule has 144 valence electrons. The summed E-state index contributed by atoms with van der Waals surface area (Å²) in [6, 6.07) is 17.5. The lowest BCUT2D eigenvalue weighted by molar-refractivity contribution is -0.129. The maximum atomic E-state index is 12.6. The molecule has 3 N–H and O–H groups in total.